The maximum Gasteiger partial charge on any atom is 0.321 e. The van der Waals surface area contributed by atoms with Gasteiger partial charge in [0.1, 0.15) is 5.41 Å². The SMILES string of the molecule is CCOC(=O)C1(C(=O)N[C@H](C)c2ccccc2)CCC1. The van der Waals surface area contributed by atoms with Crippen LogP contribution in [0, 0.1) is 5.41 Å². The highest BCUT2D eigenvalue weighted by Crippen LogP contribution is 2.42. The molecule has 1 fully saturated rings. The number of carbonyl (C=O) groups is 2. The molecule has 20 heavy (non-hydrogen) atoms. The van der Waals surface area contributed by atoms with Crippen molar-refractivity contribution in [2.45, 2.75) is 39.2 Å². The Hall–Kier alpha value is -1.84. The van der Waals surface area contributed by atoms with Gasteiger partial charge in [0.2, 0.25) is 5.91 Å². The van der Waals surface area contributed by atoms with Crippen LogP contribution in [-0.2, 0) is 14.3 Å². The summed E-state index contributed by atoms with van der Waals surface area (Å²) in [5, 5.41) is 2.94. The normalized spacial score (nSPS) is 17.7. The van der Waals surface area contributed by atoms with Gasteiger partial charge < -0.3 is 10.1 Å². The van der Waals surface area contributed by atoms with E-state index < -0.39 is 5.41 Å². The van der Waals surface area contributed by atoms with Crippen molar-refractivity contribution in [3.05, 3.63) is 35.9 Å². The maximum atomic E-state index is 12.4. The average molecular weight is 275 g/mol. The van der Waals surface area contributed by atoms with Crippen LogP contribution in [-0.4, -0.2) is 18.5 Å². The molecule has 1 N–H and O–H groups in total. The molecule has 1 aromatic carbocycles. The molecule has 1 aliphatic carbocycles. The van der Waals surface area contributed by atoms with Gasteiger partial charge in [-0.25, -0.2) is 0 Å². The Morgan fingerprint density at radius 2 is 1.95 bits per heavy atom. The molecule has 4 heteroatoms. The Bertz CT molecular complexity index is 480. The summed E-state index contributed by atoms with van der Waals surface area (Å²) in [6, 6.07) is 9.61. The number of benzene rings is 1. The van der Waals surface area contributed by atoms with Crippen LogP contribution < -0.4 is 5.32 Å². The Morgan fingerprint density at radius 3 is 2.45 bits per heavy atom. The maximum absolute atomic E-state index is 12.4. The standard InChI is InChI=1S/C16H21NO3/c1-3-20-15(19)16(10-7-11-16)14(18)17-12(2)13-8-5-4-6-9-13/h4-6,8-9,12H,3,7,10-11H2,1-2H3,(H,17,18)/t12-/m1/s1. The first-order valence-electron chi connectivity index (χ1n) is 7.13. The van der Waals surface area contributed by atoms with Gasteiger partial charge in [0.15, 0.2) is 0 Å². The van der Waals surface area contributed by atoms with E-state index in [2.05, 4.69) is 5.32 Å². The summed E-state index contributed by atoms with van der Waals surface area (Å²) in [4.78, 5) is 24.5. The molecule has 0 bridgehead atoms. The van der Waals surface area contributed by atoms with Crippen molar-refractivity contribution in [1.82, 2.24) is 5.32 Å². The van der Waals surface area contributed by atoms with Crippen LogP contribution in [0.5, 0.6) is 0 Å². The highest BCUT2D eigenvalue weighted by atomic mass is 16.5. The molecule has 0 radical (unpaired) electrons. The quantitative estimate of drug-likeness (QED) is 0.664. The highest BCUT2D eigenvalue weighted by molar-refractivity contribution is 6.03. The average Bonchev–Trinajstić information content (AvgIpc) is 2.38. The molecule has 1 atom stereocenters. The van der Waals surface area contributed by atoms with Crippen LogP contribution in [0.4, 0.5) is 0 Å². The second-order valence-corrected chi connectivity index (χ2v) is 5.26. The fraction of sp³-hybridized carbons (Fsp3) is 0.500. The second kappa shape index (κ2) is 6.07. The minimum atomic E-state index is -0.959. The molecule has 108 valence electrons. The van der Waals surface area contributed by atoms with Crippen LogP contribution in [0.25, 0.3) is 0 Å². The van der Waals surface area contributed by atoms with Gasteiger partial charge in [0.25, 0.3) is 0 Å². The minimum Gasteiger partial charge on any atom is -0.465 e. The van der Waals surface area contributed by atoms with Gasteiger partial charge in [-0.05, 0) is 32.3 Å². The van der Waals surface area contributed by atoms with Crippen LogP contribution in [0.2, 0.25) is 0 Å². The van der Waals surface area contributed by atoms with Crippen LogP contribution in [0.15, 0.2) is 30.3 Å². The molecule has 0 saturated heterocycles. The summed E-state index contributed by atoms with van der Waals surface area (Å²) >= 11 is 0. The van der Waals surface area contributed by atoms with E-state index in [1.54, 1.807) is 6.92 Å². The van der Waals surface area contributed by atoms with E-state index >= 15 is 0 Å². The molecule has 2 rings (SSSR count). The number of esters is 1. The number of nitrogens with one attached hydrogen (secondary N) is 1. The van der Waals surface area contributed by atoms with Gasteiger partial charge in [0, 0.05) is 0 Å². The monoisotopic (exact) mass is 275 g/mol. The van der Waals surface area contributed by atoms with E-state index in [4.69, 9.17) is 4.74 Å². The molecule has 0 aliphatic heterocycles. The summed E-state index contributed by atoms with van der Waals surface area (Å²) in [7, 11) is 0. The van der Waals surface area contributed by atoms with Gasteiger partial charge in [-0.1, -0.05) is 36.8 Å². The van der Waals surface area contributed by atoms with Crippen LogP contribution in [0.3, 0.4) is 0 Å². The Kier molecular flexibility index (Phi) is 4.42. The first kappa shape index (κ1) is 14.6. The summed E-state index contributed by atoms with van der Waals surface area (Å²) in [6.07, 6.45) is 2.06. The zero-order chi connectivity index (χ0) is 14.6. The van der Waals surface area contributed by atoms with Crippen molar-refractivity contribution in [3.63, 3.8) is 0 Å². The third kappa shape index (κ3) is 2.69. The fourth-order valence-electron chi connectivity index (χ4n) is 2.48. The van der Waals surface area contributed by atoms with Gasteiger partial charge in [-0.15, -0.1) is 0 Å². The topological polar surface area (TPSA) is 55.4 Å². The van der Waals surface area contributed by atoms with Gasteiger partial charge in [-0.2, -0.15) is 0 Å². The summed E-state index contributed by atoms with van der Waals surface area (Å²) in [5.41, 5.74) is 0.0677. The number of rotatable bonds is 5. The molecule has 1 aromatic rings. The van der Waals surface area contributed by atoms with Crippen LogP contribution >= 0.6 is 0 Å². The Balaban J connectivity index is 2.05. The third-order valence-corrected chi connectivity index (χ3v) is 3.96. The van der Waals surface area contributed by atoms with E-state index in [9.17, 15) is 9.59 Å². The number of carbonyl (C=O) groups excluding carboxylic acids is 2. The first-order chi connectivity index (χ1) is 9.60. The van der Waals surface area contributed by atoms with E-state index in [0.29, 0.717) is 19.4 Å². The lowest BCUT2D eigenvalue weighted by Crippen LogP contribution is -2.52. The Morgan fingerprint density at radius 1 is 1.30 bits per heavy atom. The van der Waals surface area contributed by atoms with E-state index in [0.717, 1.165) is 12.0 Å². The lowest BCUT2D eigenvalue weighted by Gasteiger charge is -2.38. The molecule has 0 heterocycles. The van der Waals surface area contributed by atoms with Crippen molar-refractivity contribution in [2.24, 2.45) is 5.41 Å². The molecule has 0 aromatic heterocycles. The molecular formula is C16H21NO3. The number of ether oxygens (including phenoxy) is 1. The zero-order valence-electron chi connectivity index (χ0n) is 12.0. The third-order valence-electron chi connectivity index (χ3n) is 3.96. The number of amides is 1. The molecule has 1 amide bonds. The molecule has 0 spiro atoms. The lowest BCUT2D eigenvalue weighted by atomic mass is 9.68. The predicted octanol–water partition coefficient (Wildman–Crippen LogP) is 2.60. The zero-order valence-corrected chi connectivity index (χ0v) is 12.0. The van der Waals surface area contributed by atoms with E-state index in [1.165, 1.54) is 0 Å². The molecule has 4 nitrogen and oxygen atoms in total. The minimum absolute atomic E-state index is 0.115. The summed E-state index contributed by atoms with van der Waals surface area (Å²) < 4.78 is 5.06. The molecule has 0 unspecified atom stereocenters. The molecule has 1 aliphatic rings. The predicted molar refractivity (Wildman–Crippen MR) is 75.9 cm³/mol. The molecular weight excluding hydrogens is 254 g/mol. The van der Waals surface area contributed by atoms with Gasteiger partial charge in [-0.3, -0.25) is 9.59 Å². The van der Waals surface area contributed by atoms with Crippen molar-refractivity contribution in [1.29, 1.82) is 0 Å². The van der Waals surface area contributed by atoms with Gasteiger partial charge >= 0.3 is 5.97 Å². The Labute approximate surface area is 119 Å². The second-order valence-electron chi connectivity index (χ2n) is 5.26. The van der Waals surface area contributed by atoms with Crippen molar-refractivity contribution in [2.75, 3.05) is 6.61 Å². The van der Waals surface area contributed by atoms with Crippen molar-refractivity contribution < 1.29 is 14.3 Å². The summed E-state index contributed by atoms with van der Waals surface area (Å²) in [6.45, 7) is 3.99. The van der Waals surface area contributed by atoms with E-state index in [-0.39, 0.29) is 17.9 Å². The van der Waals surface area contributed by atoms with Crippen LogP contribution in [0.1, 0.15) is 44.7 Å². The fourth-order valence-corrected chi connectivity index (χ4v) is 2.48. The highest BCUT2D eigenvalue weighted by Gasteiger charge is 2.52. The van der Waals surface area contributed by atoms with Gasteiger partial charge in [0.05, 0.1) is 12.6 Å². The van der Waals surface area contributed by atoms with E-state index in [1.807, 2.05) is 37.3 Å². The smallest absolute Gasteiger partial charge is 0.321 e. The number of hydrogen-bond donors (Lipinski definition) is 1. The molecule has 1 saturated carbocycles. The largest absolute Gasteiger partial charge is 0.465 e. The summed E-state index contributed by atoms with van der Waals surface area (Å²) in [5.74, 6) is -0.595. The number of hydrogen-bond acceptors (Lipinski definition) is 3. The van der Waals surface area contributed by atoms with Crippen molar-refractivity contribution >= 4 is 11.9 Å². The van der Waals surface area contributed by atoms with Crippen molar-refractivity contribution in [3.8, 4) is 0 Å². The lowest BCUT2D eigenvalue weighted by molar-refractivity contribution is -0.167. The first-order valence-corrected chi connectivity index (χ1v) is 7.13.